The van der Waals surface area contributed by atoms with Crippen molar-refractivity contribution in [2.24, 2.45) is 23.5 Å². The van der Waals surface area contributed by atoms with Crippen LogP contribution in [0.15, 0.2) is 0 Å². The normalized spacial score (nSPS) is 31.3. The second-order valence-electron chi connectivity index (χ2n) is 13.0. The highest BCUT2D eigenvalue weighted by Gasteiger charge is 2.40. The van der Waals surface area contributed by atoms with Crippen molar-refractivity contribution >= 4 is 11.9 Å². The van der Waals surface area contributed by atoms with E-state index in [0.29, 0.717) is 18.3 Å². The molecule has 2 aliphatic carbocycles. The summed E-state index contributed by atoms with van der Waals surface area (Å²) in [7, 11) is 0. The standard InChI is InChI=1S/C32H58N2O6/c1-4-5-7-12-28(38-22(2)35)21-29(39-23(3)36)14-13-24-17-26(18-25-15-16-34-31(33)20-25)32(37)30(19-24)40-27-10-8-6-9-11-27/h24-32,34,37H,4-21,33H2,1-3H3/t24?,25?,26?,28-,29+,30?,31?,32?/m0/s1. The maximum Gasteiger partial charge on any atom is 0.302 e. The summed E-state index contributed by atoms with van der Waals surface area (Å²) in [6.07, 6.45) is 16.0. The minimum absolute atomic E-state index is 0.0385. The second-order valence-corrected chi connectivity index (χ2v) is 13.0. The molecule has 0 bridgehead atoms. The Morgan fingerprint density at radius 2 is 1.62 bits per heavy atom. The lowest BCUT2D eigenvalue weighted by Crippen LogP contribution is -2.47. The molecule has 3 rings (SSSR count). The van der Waals surface area contributed by atoms with Crippen molar-refractivity contribution in [3.8, 4) is 0 Å². The maximum atomic E-state index is 12.0. The van der Waals surface area contributed by atoms with E-state index in [9.17, 15) is 14.7 Å². The van der Waals surface area contributed by atoms with Gasteiger partial charge in [-0.1, -0.05) is 39.0 Å². The Morgan fingerprint density at radius 1 is 0.925 bits per heavy atom. The van der Waals surface area contributed by atoms with Crippen LogP contribution in [0, 0.1) is 17.8 Å². The second kappa shape index (κ2) is 17.7. The molecule has 40 heavy (non-hydrogen) atoms. The summed E-state index contributed by atoms with van der Waals surface area (Å²) >= 11 is 0. The molecule has 8 nitrogen and oxygen atoms in total. The molecule has 8 heteroatoms. The maximum absolute atomic E-state index is 12.0. The quantitative estimate of drug-likeness (QED) is 0.179. The number of aliphatic hydroxyl groups excluding tert-OH is 1. The molecule has 6 unspecified atom stereocenters. The number of hydrogen-bond acceptors (Lipinski definition) is 8. The molecule has 2 saturated carbocycles. The Morgan fingerprint density at radius 3 is 2.27 bits per heavy atom. The van der Waals surface area contributed by atoms with Gasteiger partial charge in [-0.3, -0.25) is 9.59 Å². The SMILES string of the molecule is CCCCC[C@@H](C[C@@H](CCC1CC(CC2CCNC(N)C2)C(O)C(OC2CCCCC2)C1)OC(C)=O)OC(C)=O. The topological polar surface area (TPSA) is 120 Å². The largest absolute Gasteiger partial charge is 0.462 e. The van der Waals surface area contributed by atoms with Gasteiger partial charge < -0.3 is 30.4 Å². The van der Waals surface area contributed by atoms with Gasteiger partial charge in [0.15, 0.2) is 0 Å². The molecule has 0 radical (unpaired) electrons. The van der Waals surface area contributed by atoms with E-state index in [0.717, 1.165) is 90.0 Å². The number of rotatable bonds is 15. The Hall–Kier alpha value is -1.22. The monoisotopic (exact) mass is 566 g/mol. The van der Waals surface area contributed by atoms with E-state index in [-0.39, 0.29) is 48.4 Å². The number of carbonyl (C=O) groups is 2. The van der Waals surface area contributed by atoms with Crippen LogP contribution in [0.25, 0.3) is 0 Å². The summed E-state index contributed by atoms with van der Waals surface area (Å²) in [6, 6.07) is 0. The third-order valence-electron chi connectivity index (χ3n) is 9.39. The third kappa shape index (κ3) is 11.9. The zero-order valence-corrected chi connectivity index (χ0v) is 25.5. The number of nitrogens with one attached hydrogen (secondary N) is 1. The van der Waals surface area contributed by atoms with Crippen LogP contribution in [-0.4, -0.2) is 60.3 Å². The summed E-state index contributed by atoms with van der Waals surface area (Å²) in [6.45, 7) is 5.99. The van der Waals surface area contributed by atoms with Gasteiger partial charge in [-0.05, 0) is 94.9 Å². The van der Waals surface area contributed by atoms with Crippen LogP contribution in [-0.2, 0) is 23.8 Å². The van der Waals surface area contributed by atoms with E-state index in [2.05, 4.69) is 12.2 Å². The predicted octanol–water partition coefficient (Wildman–Crippen LogP) is 5.38. The lowest BCUT2D eigenvalue weighted by atomic mass is 9.71. The molecule has 8 atom stereocenters. The number of carbonyl (C=O) groups excluding carboxylic acids is 2. The van der Waals surface area contributed by atoms with Gasteiger partial charge in [-0.25, -0.2) is 0 Å². The minimum atomic E-state index is -0.444. The van der Waals surface area contributed by atoms with Crippen LogP contribution in [0.4, 0.5) is 0 Å². The van der Waals surface area contributed by atoms with Crippen LogP contribution >= 0.6 is 0 Å². The van der Waals surface area contributed by atoms with Crippen molar-refractivity contribution in [3.63, 3.8) is 0 Å². The highest BCUT2D eigenvalue weighted by Crippen LogP contribution is 2.40. The average molecular weight is 567 g/mol. The molecule has 0 amide bonds. The fourth-order valence-corrected chi connectivity index (χ4v) is 7.42. The van der Waals surface area contributed by atoms with E-state index < -0.39 is 6.10 Å². The number of unbranched alkanes of at least 4 members (excludes halogenated alkanes) is 2. The molecule has 4 N–H and O–H groups in total. The van der Waals surface area contributed by atoms with Crippen molar-refractivity contribution in [3.05, 3.63) is 0 Å². The first-order chi connectivity index (χ1) is 19.2. The number of ether oxygens (including phenoxy) is 3. The summed E-state index contributed by atoms with van der Waals surface area (Å²) in [4.78, 5) is 23.8. The molecule has 3 aliphatic rings. The Bertz CT molecular complexity index is 745. The Balaban J connectivity index is 1.64. The van der Waals surface area contributed by atoms with Crippen LogP contribution in [0.2, 0.25) is 0 Å². The van der Waals surface area contributed by atoms with Crippen molar-refractivity contribution in [2.45, 2.75) is 167 Å². The van der Waals surface area contributed by atoms with Gasteiger partial charge in [0, 0.05) is 20.3 Å². The summed E-state index contributed by atoms with van der Waals surface area (Å²) in [5, 5.41) is 14.8. The summed E-state index contributed by atoms with van der Waals surface area (Å²) in [5.41, 5.74) is 6.20. The zero-order chi connectivity index (χ0) is 28.9. The summed E-state index contributed by atoms with van der Waals surface area (Å²) < 4.78 is 18.0. The van der Waals surface area contributed by atoms with Crippen LogP contribution in [0.3, 0.4) is 0 Å². The van der Waals surface area contributed by atoms with E-state index in [1.165, 1.54) is 33.1 Å². The van der Waals surface area contributed by atoms with Crippen LogP contribution < -0.4 is 11.1 Å². The molecule has 0 aromatic rings. The average Bonchev–Trinajstić information content (AvgIpc) is 2.90. The van der Waals surface area contributed by atoms with Crippen LogP contribution in [0.1, 0.15) is 130 Å². The molecule has 1 saturated heterocycles. The smallest absolute Gasteiger partial charge is 0.302 e. The molecule has 0 aromatic heterocycles. The zero-order valence-electron chi connectivity index (χ0n) is 25.5. The molecule has 0 spiro atoms. The Labute approximate surface area is 242 Å². The molecule has 232 valence electrons. The van der Waals surface area contributed by atoms with Gasteiger partial charge in [0.05, 0.1) is 24.5 Å². The van der Waals surface area contributed by atoms with Gasteiger partial charge in [-0.15, -0.1) is 0 Å². The van der Waals surface area contributed by atoms with Gasteiger partial charge in [0.2, 0.25) is 0 Å². The minimum Gasteiger partial charge on any atom is -0.462 e. The summed E-state index contributed by atoms with van der Waals surface area (Å²) in [5.74, 6) is 0.525. The van der Waals surface area contributed by atoms with E-state index in [1.807, 2.05) is 0 Å². The lowest BCUT2D eigenvalue weighted by Gasteiger charge is -2.43. The molecule has 1 heterocycles. The number of piperidine rings is 1. The third-order valence-corrected chi connectivity index (χ3v) is 9.39. The lowest BCUT2D eigenvalue weighted by molar-refractivity contribution is -0.154. The first-order valence-corrected chi connectivity index (χ1v) is 16.4. The number of nitrogens with two attached hydrogens (primary N) is 1. The van der Waals surface area contributed by atoms with Crippen LogP contribution in [0.5, 0.6) is 0 Å². The number of aliphatic hydroxyl groups is 1. The molecular formula is C32H58N2O6. The van der Waals surface area contributed by atoms with Gasteiger partial charge in [0.25, 0.3) is 0 Å². The van der Waals surface area contributed by atoms with Gasteiger partial charge in [-0.2, -0.15) is 0 Å². The van der Waals surface area contributed by atoms with Crippen molar-refractivity contribution in [1.82, 2.24) is 5.32 Å². The highest BCUT2D eigenvalue weighted by atomic mass is 16.6. The molecule has 1 aliphatic heterocycles. The van der Waals surface area contributed by atoms with Crippen molar-refractivity contribution in [1.29, 1.82) is 0 Å². The molecule has 3 fully saturated rings. The highest BCUT2D eigenvalue weighted by molar-refractivity contribution is 5.66. The first-order valence-electron chi connectivity index (χ1n) is 16.4. The number of hydrogen-bond donors (Lipinski definition) is 3. The predicted molar refractivity (Wildman–Crippen MR) is 156 cm³/mol. The van der Waals surface area contributed by atoms with Gasteiger partial charge in [0.1, 0.15) is 12.2 Å². The van der Waals surface area contributed by atoms with Crippen molar-refractivity contribution < 1.29 is 28.9 Å². The Kier molecular flexibility index (Phi) is 14.7. The van der Waals surface area contributed by atoms with Gasteiger partial charge >= 0.3 is 11.9 Å². The van der Waals surface area contributed by atoms with Crippen molar-refractivity contribution in [2.75, 3.05) is 6.54 Å². The fraction of sp³-hybridized carbons (Fsp3) is 0.938. The first kappa shape index (κ1) is 33.3. The fourth-order valence-electron chi connectivity index (χ4n) is 7.42. The molecule has 0 aromatic carbocycles. The van der Waals surface area contributed by atoms with E-state index in [1.54, 1.807) is 0 Å². The number of esters is 2. The van der Waals surface area contributed by atoms with E-state index >= 15 is 0 Å². The van der Waals surface area contributed by atoms with E-state index in [4.69, 9.17) is 19.9 Å². The molecular weight excluding hydrogens is 508 g/mol.